The van der Waals surface area contributed by atoms with Gasteiger partial charge in [-0.2, -0.15) is 13.2 Å². The van der Waals surface area contributed by atoms with Crippen molar-refractivity contribution in [2.24, 2.45) is 0 Å². The Labute approximate surface area is 153 Å². The Kier molecular flexibility index (Phi) is 4.24. The zero-order chi connectivity index (χ0) is 19.2. The third kappa shape index (κ3) is 3.86. The Balaban J connectivity index is 1.58. The van der Waals surface area contributed by atoms with Crippen molar-refractivity contribution in [3.63, 3.8) is 0 Å². The van der Waals surface area contributed by atoms with Crippen molar-refractivity contribution in [3.05, 3.63) is 41.5 Å². The van der Waals surface area contributed by atoms with Gasteiger partial charge in [-0.05, 0) is 25.0 Å². The van der Waals surface area contributed by atoms with Crippen LogP contribution in [0.1, 0.15) is 48.7 Å². The van der Waals surface area contributed by atoms with Gasteiger partial charge >= 0.3 is 6.18 Å². The molecule has 3 heterocycles. The smallest absolute Gasteiger partial charge is 0.341 e. The zero-order valence-electron chi connectivity index (χ0n) is 14.6. The van der Waals surface area contributed by atoms with E-state index in [4.69, 9.17) is 0 Å². The number of carbonyl (C=O) groups excluding carboxylic acids is 1. The molecule has 1 N–H and O–H groups in total. The molecule has 1 aliphatic heterocycles. The second kappa shape index (κ2) is 6.47. The van der Waals surface area contributed by atoms with Crippen LogP contribution in [0.25, 0.3) is 0 Å². The number of nitrogens with one attached hydrogen (secondary N) is 1. The van der Waals surface area contributed by atoms with Gasteiger partial charge in [-0.15, -0.1) is 0 Å². The van der Waals surface area contributed by atoms with E-state index >= 15 is 0 Å². The fourth-order valence-electron chi connectivity index (χ4n) is 3.01. The number of carbonyl (C=O) groups is 1. The lowest BCUT2D eigenvalue weighted by atomic mass is 9.96. The molecule has 0 radical (unpaired) electrons. The molecule has 0 spiro atoms. The third-order valence-electron chi connectivity index (χ3n) is 4.79. The molecule has 2 aliphatic rings. The van der Waals surface area contributed by atoms with Crippen molar-refractivity contribution < 1.29 is 18.0 Å². The monoisotopic (exact) mass is 377 g/mol. The van der Waals surface area contributed by atoms with E-state index in [0.717, 1.165) is 36.9 Å². The molecule has 1 aliphatic carbocycles. The van der Waals surface area contributed by atoms with Crippen molar-refractivity contribution in [1.82, 2.24) is 19.9 Å². The summed E-state index contributed by atoms with van der Waals surface area (Å²) in [6, 6.07) is 3.62. The molecule has 2 fully saturated rings. The van der Waals surface area contributed by atoms with Gasteiger partial charge in [-0.3, -0.25) is 4.79 Å². The minimum Gasteiger partial charge on any atom is -0.341 e. The molecule has 2 aromatic rings. The molecular formula is C18H18F3N5O. The predicted molar refractivity (Wildman–Crippen MR) is 91.5 cm³/mol. The number of anilines is 2. The maximum atomic E-state index is 12.9. The van der Waals surface area contributed by atoms with Gasteiger partial charge < -0.3 is 10.2 Å². The van der Waals surface area contributed by atoms with Gasteiger partial charge in [0, 0.05) is 44.1 Å². The second-order valence-electron chi connectivity index (χ2n) is 6.98. The minimum absolute atomic E-state index is 0.0224. The molecule has 142 valence electrons. The van der Waals surface area contributed by atoms with Crippen molar-refractivity contribution in [1.29, 1.82) is 0 Å². The summed E-state index contributed by atoms with van der Waals surface area (Å²) in [7, 11) is 0. The topological polar surface area (TPSA) is 71.0 Å². The summed E-state index contributed by atoms with van der Waals surface area (Å²) >= 11 is 0. The minimum atomic E-state index is -4.43. The summed E-state index contributed by atoms with van der Waals surface area (Å²) in [4.78, 5) is 26.1. The van der Waals surface area contributed by atoms with Crippen molar-refractivity contribution >= 4 is 17.5 Å². The van der Waals surface area contributed by atoms with Gasteiger partial charge in [0.1, 0.15) is 17.5 Å². The Morgan fingerprint density at radius 3 is 2.52 bits per heavy atom. The number of rotatable bonds is 4. The van der Waals surface area contributed by atoms with Crippen molar-refractivity contribution in [2.45, 2.75) is 37.8 Å². The summed E-state index contributed by atoms with van der Waals surface area (Å²) in [5.41, 5.74) is 0.0339. The molecule has 0 aromatic carbocycles. The number of pyridine rings is 1. The molecule has 0 bridgehead atoms. The highest BCUT2D eigenvalue weighted by atomic mass is 19.4. The third-order valence-corrected chi connectivity index (χ3v) is 4.79. The van der Waals surface area contributed by atoms with Crippen LogP contribution in [0.4, 0.5) is 24.8 Å². The number of halogens is 3. The van der Waals surface area contributed by atoms with Crippen LogP contribution in [0.3, 0.4) is 0 Å². The fraction of sp³-hybridized carbons (Fsp3) is 0.444. The summed E-state index contributed by atoms with van der Waals surface area (Å²) in [5, 5.41) is 2.87. The highest BCUT2D eigenvalue weighted by molar-refractivity contribution is 5.74. The Bertz CT molecular complexity index is 876. The second-order valence-corrected chi connectivity index (χ2v) is 6.98. The maximum Gasteiger partial charge on any atom is 0.416 e. The summed E-state index contributed by atoms with van der Waals surface area (Å²) in [6.07, 6.45) is -1.30. The van der Waals surface area contributed by atoms with Crippen LogP contribution < -0.4 is 5.32 Å². The van der Waals surface area contributed by atoms with E-state index in [0.29, 0.717) is 30.6 Å². The lowest BCUT2D eigenvalue weighted by Crippen LogP contribution is -2.47. The van der Waals surface area contributed by atoms with Crippen molar-refractivity contribution in [2.75, 3.05) is 18.4 Å². The first-order valence-electron chi connectivity index (χ1n) is 8.74. The first-order valence-corrected chi connectivity index (χ1v) is 8.74. The van der Waals surface area contributed by atoms with Crippen molar-refractivity contribution in [3.8, 4) is 0 Å². The van der Waals surface area contributed by atoms with Crippen LogP contribution in [-0.4, -0.2) is 38.8 Å². The summed E-state index contributed by atoms with van der Waals surface area (Å²) in [5.74, 6) is 1.64. The van der Waals surface area contributed by atoms with Gasteiger partial charge in [-0.25, -0.2) is 15.0 Å². The van der Waals surface area contributed by atoms with Crippen LogP contribution in [-0.2, 0) is 11.0 Å². The fourth-order valence-corrected chi connectivity index (χ4v) is 3.01. The van der Waals surface area contributed by atoms with Gasteiger partial charge in [0.25, 0.3) is 0 Å². The van der Waals surface area contributed by atoms with Crippen LogP contribution in [0, 0.1) is 0 Å². The van der Waals surface area contributed by atoms with Crippen LogP contribution >= 0.6 is 0 Å². The zero-order valence-corrected chi connectivity index (χ0v) is 14.6. The van der Waals surface area contributed by atoms with Crippen LogP contribution in [0.15, 0.2) is 24.4 Å². The molecule has 0 unspecified atom stereocenters. The summed E-state index contributed by atoms with van der Waals surface area (Å²) < 4.78 is 38.7. The van der Waals surface area contributed by atoms with Gasteiger partial charge in [-0.1, -0.05) is 0 Å². The van der Waals surface area contributed by atoms with E-state index in [1.807, 2.05) is 0 Å². The number of alkyl halides is 3. The molecule has 9 heteroatoms. The lowest BCUT2D eigenvalue weighted by Gasteiger charge is -2.38. The molecule has 1 saturated heterocycles. The molecule has 1 amide bonds. The number of amides is 1. The molecule has 1 saturated carbocycles. The maximum absolute atomic E-state index is 12.9. The number of hydrogen-bond acceptors (Lipinski definition) is 5. The summed E-state index contributed by atoms with van der Waals surface area (Å²) in [6.45, 7) is 2.72. The molecule has 2 aromatic heterocycles. The normalized spacial score (nSPS) is 17.6. The Hall–Kier alpha value is -2.71. The van der Waals surface area contributed by atoms with Gasteiger partial charge in [0.2, 0.25) is 5.91 Å². The van der Waals surface area contributed by atoms with E-state index in [2.05, 4.69) is 20.3 Å². The first-order chi connectivity index (χ1) is 12.8. The average Bonchev–Trinajstić information content (AvgIpc) is 3.37. The molecular weight excluding hydrogens is 359 g/mol. The Morgan fingerprint density at radius 2 is 1.89 bits per heavy atom. The number of likely N-dealkylation sites (tertiary alicyclic amines) is 1. The molecule has 0 atom stereocenters. The van der Waals surface area contributed by atoms with E-state index in [1.165, 1.54) is 6.92 Å². The van der Waals surface area contributed by atoms with E-state index in [9.17, 15) is 18.0 Å². The average molecular weight is 377 g/mol. The first kappa shape index (κ1) is 17.7. The van der Waals surface area contributed by atoms with E-state index in [-0.39, 0.29) is 17.6 Å². The number of aromatic nitrogens is 3. The standard InChI is InChI=1S/C18H18F3N5O/c1-10(27)26-8-12(9-26)14-7-16(25-17(23-14)11-2-3-11)24-15-6-13(4-5-22-15)18(19,20)21/h4-7,11-12H,2-3,8-9H2,1H3,(H,22,23,24,25). The quantitative estimate of drug-likeness (QED) is 0.884. The van der Waals surface area contributed by atoms with Gasteiger partial charge in [0.15, 0.2) is 0 Å². The number of nitrogens with zero attached hydrogens (tertiary/aromatic N) is 4. The van der Waals surface area contributed by atoms with E-state index < -0.39 is 11.7 Å². The highest BCUT2D eigenvalue weighted by Gasteiger charge is 2.34. The SMILES string of the molecule is CC(=O)N1CC(c2cc(Nc3cc(C(F)(F)F)ccn3)nc(C3CC3)n2)C1. The predicted octanol–water partition coefficient (Wildman–Crippen LogP) is 3.46. The van der Waals surface area contributed by atoms with E-state index in [1.54, 1.807) is 11.0 Å². The van der Waals surface area contributed by atoms with Gasteiger partial charge in [0.05, 0.1) is 11.3 Å². The molecule has 4 rings (SSSR count). The Morgan fingerprint density at radius 1 is 1.15 bits per heavy atom. The molecule has 27 heavy (non-hydrogen) atoms. The largest absolute Gasteiger partial charge is 0.416 e. The lowest BCUT2D eigenvalue weighted by molar-refractivity contribution is -0.137. The number of hydrogen-bond donors (Lipinski definition) is 1. The van der Waals surface area contributed by atoms with Crippen LogP contribution in [0.2, 0.25) is 0 Å². The highest BCUT2D eigenvalue weighted by Crippen LogP contribution is 2.40. The molecule has 6 nitrogen and oxygen atoms in total. The van der Waals surface area contributed by atoms with Crippen LogP contribution in [0.5, 0.6) is 0 Å².